The monoisotopic (exact) mass is 274 g/mol. The number of carbonyl (C=O) groups is 1. The number of fused-ring (bicyclic) bond motifs is 1. The van der Waals surface area contributed by atoms with Gasteiger partial charge in [-0.3, -0.25) is 0 Å². The van der Waals surface area contributed by atoms with Crippen LogP contribution < -0.4 is 0 Å². The van der Waals surface area contributed by atoms with Crippen molar-refractivity contribution in [2.45, 2.75) is 40.0 Å². The Labute approximate surface area is 119 Å². The summed E-state index contributed by atoms with van der Waals surface area (Å²) in [5, 5.41) is 0. The second-order valence-electron chi connectivity index (χ2n) is 5.13. The number of rotatable bonds is 5. The van der Waals surface area contributed by atoms with Gasteiger partial charge in [0.15, 0.2) is 0 Å². The van der Waals surface area contributed by atoms with Crippen LogP contribution in [-0.4, -0.2) is 22.1 Å². The number of hydrogen-bond donors (Lipinski definition) is 0. The number of aryl methyl sites for hydroxylation is 3. The molecule has 0 spiro atoms. The number of nitrogens with zero attached hydrogens (tertiary/aromatic N) is 2. The van der Waals surface area contributed by atoms with Gasteiger partial charge in [0.2, 0.25) is 5.82 Å². The van der Waals surface area contributed by atoms with E-state index in [0.29, 0.717) is 12.4 Å². The van der Waals surface area contributed by atoms with E-state index in [0.717, 1.165) is 30.3 Å². The SMILES string of the molecule is CCCCOC(=O)c1nc2c(CC)cc(C)cc2n1C. The van der Waals surface area contributed by atoms with Crippen LogP contribution in [0.5, 0.6) is 0 Å². The third-order valence-electron chi connectivity index (χ3n) is 3.50. The third-order valence-corrected chi connectivity index (χ3v) is 3.50. The number of ether oxygens (including phenoxy) is 1. The number of esters is 1. The van der Waals surface area contributed by atoms with Crippen LogP contribution in [0.3, 0.4) is 0 Å². The highest BCUT2D eigenvalue weighted by atomic mass is 16.5. The predicted octanol–water partition coefficient (Wildman–Crippen LogP) is 3.40. The lowest BCUT2D eigenvalue weighted by Gasteiger charge is -2.04. The first-order chi connectivity index (χ1) is 9.58. The fourth-order valence-corrected chi connectivity index (χ4v) is 2.34. The molecule has 1 aromatic heterocycles. The van der Waals surface area contributed by atoms with Crippen LogP contribution in [-0.2, 0) is 18.2 Å². The van der Waals surface area contributed by atoms with Gasteiger partial charge in [-0.15, -0.1) is 0 Å². The molecule has 0 N–H and O–H groups in total. The Hall–Kier alpha value is -1.84. The molecule has 0 atom stereocenters. The lowest BCUT2D eigenvalue weighted by Crippen LogP contribution is -2.12. The van der Waals surface area contributed by atoms with E-state index < -0.39 is 0 Å². The van der Waals surface area contributed by atoms with Gasteiger partial charge < -0.3 is 9.30 Å². The topological polar surface area (TPSA) is 44.1 Å². The van der Waals surface area contributed by atoms with Crippen molar-refractivity contribution in [2.24, 2.45) is 7.05 Å². The van der Waals surface area contributed by atoms with Crippen molar-refractivity contribution in [1.29, 1.82) is 0 Å². The zero-order chi connectivity index (χ0) is 14.7. The fourth-order valence-electron chi connectivity index (χ4n) is 2.34. The molecule has 0 aliphatic carbocycles. The average molecular weight is 274 g/mol. The first-order valence-electron chi connectivity index (χ1n) is 7.21. The van der Waals surface area contributed by atoms with Crippen LogP contribution in [0.4, 0.5) is 0 Å². The Kier molecular flexibility index (Phi) is 4.42. The van der Waals surface area contributed by atoms with Gasteiger partial charge in [-0.2, -0.15) is 0 Å². The Morgan fingerprint density at radius 1 is 1.35 bits per heavy atom. The lowest BCUT2D eigenvalue weighted by molar-refractivity contribution is 0.0482. The molecule has 1 aromatic carbocycles. The molecular formula is C16H22N2O2. The van der Waals surface area contributed by atoms with E-state index in [-0.39, 0.29) is 5.97 Å². The molecule has 1 heterocycles. The van der Waals surface area contributed by atoms with Crippen LogP contribution in [0.15, 0.2) is 12.1 Å². The van der Waals surface area contributed by atoms with Crippen LogP contribution >= 0.6 is 0 Å². The minimum atomic E-state index is -0.336. The van der Waals surface area contributed by atoms with Crippen molar-refractivity contribution in [3.63, 3.8) is 0 Å². The summed E-state index contributed by atoms with van der Waals surface area (Å²) in [7, 11) is 1.87. The first-order valence-corrected chi connectivity index (χ1v) is 7.21. The average Bonchev–Trinajstić information content (AvgIpc) is 2.76. The Bertz CT molecular complexity index is 629. The number of aromatic nitrogens is 2. The molecule has 0 fully saturated rings. The standard InChI is InChI=1S/C16H22N2O2/c1-5-7-8-20-16(19)15-17-14-12(6-2)9-11(3)10-13(14)18(15)4/h9-10H,5-8H2,1-4H3. The molecule has 0 saturated heterocycles. The zero-order valence-corrected chi connectivity index (χ0v) is 12.7. The summed E-state index contributed by atoms with van der Waals surface area (Å²) in [6.07, 6.45) is 2.80. The molecule has 108 valence electrons. The number of benzene rings is 1. The molecule has 2 aromatic rings. The summed E-state index contributed by atoms with van der Waals surface area (Å²) in [4.78, 5) is 16.6. The van der Waals surface area contributed by atoms with Crippen molar-refractivity contribution in [3.05, 3.63) is 29.1 Å². The van der Waals surface area contributed by atoms with E-state index in [1.54, 1.807) is 0 Å². The van der Waals surface area contributed by atoms with Gasteiger partial charge in [-0.05, 0) is 37.0 Å². The summed E-state index contributed by atoms with van der Waals surface area (Å²) < 4.78 is 7.09. The molecule has 0 saturated carbocycles. The van der Waals surface area contributed by atoms with Crippen molar-refractivity contribution in [3.8, 4) is 0 Å². The summed E-state index contributed by atoms with van der Waals surface area (Å²) in [6, 6.07) is 4.19. The number of carbonyl (C=O) groups excluding carboxylic acids is 1. The second kappa shape index (κ2) is 6.07. The highest BCUT2D eigenvalue weighted by molar-refractivity contribution is 5.92. The number of hydrogen-bond acceptors (Lipinski definition) is 3. The van der Waals surface area contributed by atoms with E-state index in [9.17, 15) is 4.79 Å². The van der Waals surface area contributed by atoms with Crippen LogP contribution in [0, 0.1) is 6.92 Å². The maximum atomic E-state index is 12.1. The molecule has 2 rings (SSSR count). The van der Waals surface area contributed by atoms with E-state index in [1.165, 1.54) is 11.1 Å². The zero-order valence-electron chi connectivity index (χ0n) is 12.7. The van der Waals surface area contributed by atoms with Crippen LogP contribution in [0.25, 0.3) is 11.0 Å². The Morgan fingerprint density at radius 3 is 2.75 bits per heavy atom. The maximum absolute atomic E-state index is 12.1. The fraction of sp³-hybridized carbons (Fsp3) is 0.500. The molecule has 4 nitrogen and oxygen atoms in total. The Balaban J connectivity index is 2.40. The normalized spacial score (nSPS) is 11.0. The summed E-state index contributed by atoms with van der Waals surface area (Å²) >= 11 is 0. The molecular weight excluding hydrogens is 252 g/mol. The second-order valence-corrected chi connectivity index (χ2v) is 5.13. The minimum Gasteiger partial charge on any atom is -0.460 e. The largest absolute Gasteiger partial charge is 0.460 e. The molecule has 0 aliphatic rings. The van der Waals surface area contributed by atoms with Gasteiger partial charge in [0.1, 0.15) is 0 Å². The first kappa shape index (κ1) is 14.6. The smallest absolute Gasteiger partial charge is 0.374 e. The quantitative estimate of drug-likeness (QED) is 0.620. The summed E-state index contributed by atoms with van der Waals surface area (Å²) in [5.74, 6) is 0.0493. The van der Waals surface area contributed by atoms with Gasteiger partial charge in [-0.1, -0.05) is 26.3 Å². The highest BCUT2D eigenvalue weighted by Crippen LogP contribution is 2.22. The molecule has 0 radical (unpaired) electrons. The number of unbranched alkanes of at least 4 members (excludes halogenated alkanes) is 1. The van der Waals surface area contributed by atoms with Gasteiger partial charge >= 0.3 is 5.97 Å². The van der Waals surface area contributed by atoms with E-state index in [2.05, 4.69) is 37.9 Å². The van der Waals surface area contributed by atoms with Crippen molar-refractivity contribution >= 4 is 17.0 Å². The van der Waals surface area contributed by atoms with Gasteiger partial charge in [0.05, 0.1) is 17.6 Å². The summed E-state index contributed by atoms with van der Waals surface area (Å²) in [5.41, 5.74) is 4.25. The predicted molar refractivity (Wildman–Crippen MR) is 80.0 cm³/mol. The molecule has 0 aliphatic heterocycles. The molecule has 20 heavy (non-hydrogen) atoms. The van der Waals surface area contributed by atoms with E-state index in [1.807, 2.05) is 11.6 Å². The van der Waals surface area contributed by atoms with Crippen molar-refractivity contribution < 1.29 is 9.53 Å². The summed E-state index contributed by atoms with van der Waals surface area (Å²) in [6.45, 7) is 6.68. The third kappa shape index (κ3) is 2.69. The van der Waals surface area contributed by atoms with Gasteiger partial charge in [-0.25, -0.2) is 9.78 Å². The van der Waals surface area contributed by atoms with Gasteiger partial charge in [0, 0.05) is 7.05 Å². The minimum absolute atomic E-state index is 0.336. The van der Waals surface area contributed by atoms with E-state index >= 15 is 0 Å². The molecule has 4 heteroatoms. The highest BCUT2D eigenvalue weighted by Gasteiger charge is 2.18. The van der Waals surface area contributed by atoms with Crippen molar-refractivity contribution in [1.82, 2.24) is 9.55 Å². The molecule has 0 bridgehead atoms. The molecule has 0 unspecified atom stereocenters. The molecule has 0 amide bonds. The van der Waals surface area contributed by atoms with Crippen LogP contribution in [0.1, 0.15) is 48.4 Å². The Morgan fingerprint density at radius 2 is 2.10 bits per heavy atom. The van der Waals surface area contributed by atoms with E-state index in [4.69, 9.17) is 4.74 Å². The lowest BCUT2D eigenvalue weighted by atomic mass is 10.1. The maximum Gasteiger partial charge on any atom is 0.374 e. The van der Waals surface area contributed by atoms with Gasteiger partial charge in [0.25, 0.3) is 0 Å². The van der Waals surface area contributed by atoms with Crippen molar-refractivity contribution in [2.75, 3.05) is 6.61 Å². The number of imidazole rings is 1. The van der Waals surface area contributed by atoms with Crippen LogP contribution in [0.2, 0.25) is 0 Å².